The monoisotopic (exact) mass is 350 g/mol. The molecule has 0 N–H and O–H groups in total. The summed E-state index contributed by atoms with van der Waals surface area (Å²) in [5.74, 6) is 0.585. The molecule has 0 unspecified atom stereocenters. The van der Waals surface area contributed by atoms with Crippen molar-refractivity contribution in [2.24, 2.45) is 0 Å². The molecule has 0 amide bonds. The molecule has 0 saturated carbocycles. The normalized spacial score (nSPS) is 18.2. The van der Waals surface area contributed by atoms with Crippen LogP contribution >= 0.6 is 0 Å². The SMILES string of the molecule is COc1ccc(C2=CC(=C3OC(=O)c4ccccc43)C(=O)O2)cc1OC. The van der Waals surface area contributed by atoms with Crippen LogP contribution in [0.3, 0.4) is 0 Å². The molecule has 0 aliphatic carbocycles. The van der Waals surface area contributed by atoms with Gasteiger partial charge < -0.3 is 18.9 Å². The Labute approximate surface area is 149 Å². The Morgan fingerprint density at radius 3 is 2.27 bits per heavy atom. The van der Waals surface area contributed by atoms with E-state index in [1.165, 1.54) is 7.11 Å². The molecule has 26 heavy (non-hydrogen) atoms. The molecule has 0 atom stereocenters. The molecule has 6 heteroatoms. The molecule has 2 heterocycles. The lowest BCUT2D eigenvalue weighted by Crippen LogP contribution is -2.01. The van der Waals surface area contributed by atoms with E-state index in [1.807, 2.05) is 0 Å². The summed E-state index contributed by atoms with van der Waals surface area (Å²) in [5.41, 5.74) is 1.85. The molecule has 2 aromatic carbocycles. The molecule has 2 aliphatic heterocycles. The maximum Gasteiger partial charge on any atom is 0.347 e. The summed E-state index contributed by atoms with van der Waals surface area (Å²) in [6, 6.07) is 12.1. The number of carbonyl (C=O) groups is 2. The highest BCUT2D eigenvalue weighted by Gasteiger charge is 2.34. The molecule has 0 aromatic heterocycles. The molecule has 0 bridgehead atoms. The lowest BCUT2D eigenvalue weighted by molar-refractivity contribution is -0.130. The second kappa shape index (κ2) is 6.07. The first kappa shape index (κ1) is 16.0. The van der Waals surface area contributed by atoms with Crippen LogP contribution in [0.4, 0.5) is 0 Å². The number of carbonyl (C=O) groups excluding carboxylic acids is 2. The zero-order valence-electron chi connectivity index (χ0n) is 14.1. The van der Waals surface area contributed by atoms with E-state index in [2.05, 4.69) is 0 Å². The van der Waals surface area contributed by atoms with E-state index in [0.29, 0.717) is 33.9 Å². The topological polar surface area (TPSA) is 71.1 Å². The van der Waals surface area contributed by atoms with Gasteiger partial charge in [-0.1, -0.05) is 18.2 Å². The second-order valence-corrected chi connectivity index (χ2v) is 5.65. The minimum atomic E-state index is -0.575. The number of cyclic esters (lactones) is 2. The first-order valence-corrected chi connectivity index (χ1v) is 7.84. The number of hydrogen-bond donors (Lipinski definition) is 0. The van der Waals surface area contributed by atoms with E-state index in [1.54, 1.807) is 55.7 Å². The van der Waals surface area contributed by atoms with Crippen LogP contribution in [0, 0.1) is 0 Å². The molecule has 4 rings (SSSR count). The molecular formula is C20H14O6. The van der Waals surface area contributed by atoms with Gasteiger partial charge in [-0.25, -0.2) is 9.59 Å². The van der Waals surface area contributed by atoms with Crippen molar-refractivity contribution in [1.82, 2.24) is 0 Å². The Balaban J connectivity index is 1.79. The van der Waals surface area contributed by atoms with Crippen molar-refractivity contribution >= 4 is 23.5 Å². The van der Waals surface area contributed by atoms with E-state index in [-0.39, 0.29) is 11.3 Å². The van der Waals surface area contributed by atoms with Crippen LogP contribution in [0.15, 0.2) is 54.1 Å². The number of methoxy groups -OCH3 is 2. The molecule has 0 fully saturated rings. The summed E-state index contributed by atoms with van der Waals surface area (Å²) >= 11 is 0. The minimum Gasteiger partial charge on any atom is -0.493 e. The Bertz CT molecular complexity index is 999. The largest absolute Gasteiger partial charge is 0.493 e. The smallest absolute Gasteiger partial charge is 0.347 e. The average molecular weight is 350 g/mol. The minimum absolute atomic E-state index is 0.202. The van der Waals surface area contributed by atoms with Gasteiger partial charge in [-0.2, -0.15) is 0 Å². The maximum absolute atomic E-state index is 12.4. The molecule has 0 saturated heterocycles. The van der Waals surface area contributed by atoms with E-state index >= 15 is 0 Å². The summed E-state index contributed by atoms with van der Waals surface area (Å²) in [4.78, 5) is 24.3. The fourth-order valence-electron chi connectivity index (χ4n) is 2.93. The lowest BCUT2D eigenvalue weighted by Gasteiger charge is -2.09. The van der Waals surface area contributed by atoms with E-state index in [9.17, 15) is 9.59 Å². The highest BCUT2D eigenvalue weighted by atomic mass is 16.6. The van der Waals surface area contributed by atoms with E-state index in [0.717, 1.165) is 0 Å². The van der Waals surface area contributed by atoms with Crippen molar-refractivity contribution in [2.45, 2.75) is 0 Å². The maximum atomic E-state index is 12.4. The molecule has 0 radical (unpaired) electrons. The third kappa shape index (κ3) is 2.43. The second-order valence-electron chi connectivity index (χ2n) is 5.65. The van der Waals surface area contributed by atoms with Gasteiger partial charge in [-0.05, 0) is 30.3 Å². The number of hydrogen-bond acceptors (Lipinski definition) is 6. The van der Waals surface area contributed by atoms with Gasteiger partial charge in [0, 0.05) is 11.1 Å². The zero-order chi connectivity index (χ0) is 18.3. The van der Waals surface area contributed by atoms with Crippen LogP contribution in [-0.2, 0) is 14.3 Å². The molecular weight excluding hydrogens is 336 g/mol. The van der Waals surface area contributed by atoms with Gasteiger partial charge in [0.2, 0.25) is 0 Å². The Morgan fingerprint density at radius 2 is 1.54 bits per heavy atom. The van der Waals surface area contributed by atoms with Crippen molar-refractivity contribution in [1.29, 1.82) is 0 Å². The summed E-state index contributed by atoms with van der Waals surface area (Å²) in [7, 11) is 3.07. The highest BCUT2D eigenvalue weighted by molar-refractivity contribution is 6.12. The van der Waals surface area contributed by atoms with E-state index < -0.39 is 11.9 Å². The predicted octanol–water partition coefficient (Wildman–Crippen LogP) is 3.18. The lowest BCUT2D eigenvalue weighted by atomic mass is 10.0. The Hall–Kier alpha value is -3.54. The summed E-state index contributed by atoms with van der Waals surface area (Å²) in [5, 5.41) is 0. The summed E-state index contributed by atoms with van der Waals surface area (Å²) in [6.07, 6.45) is 1.56. The first-order valence-electron chi connectivity index (χ1n) is 7.84. The average Bonchev–Trinajstić information content (AvgIpc) is 3.21. The number of ether oxygens (including phenoxy) is 4. The van der Waals surface area contributed by atoms with Gasteiger partial charge in [-0.3, -0.25) is 0 Å². The fraction of sp³-hybridized carbons (Fsp3) is 0.100. The van der Waals surface area contributed by atoms with Crippen molar-refractivity contribution < 1.29 is 28.5 Å². The van der Waals surface area contributed by atoms with Crippen LogP contribution in [0.2, 0.25) is 0 Å². The van der Waals surface area contributed by atoms with Crippen LogP contribution in [0.5, 0.6) is 11.5 Å². The van der Waals surface area contributed by atoms with Crippen molar-refractivity contribution in [3.05, 3.63) is 70.8 Å². The van der Waals surface area contributed by atoms with Crippen molar-refractivity contribution in [3.63, 3.8) is 0 Å². The summed E-state index contributed by atoms with van der Waals surface area (Å²) < 4.78 is 21.2. The number of rotatable bonds is 3. The number of fused-ring (bicyclic) bond motifs is 1. The van der Waals surface area contributed by atoms with Crippen molar-refractivity contribution in [2.75, 3.05) is 14.2 Å². The van der Waals surface area contributed by atoms with Gasteiger partial charge in [0.05, 0.1) is 19.8 Å². The number of esters is 2. The van der Waals surface area contributed by atoms with Crippen molar-refractivity contribution in [3.8, 4) is 11.5 Å². The molecule has 6 nitrogen and oxygen atoms in total. The molecule has 2 aliphatic rings. The van der Waals surface area contributed by atoms with Crippen LogP contribution in [0.1, 0.15) is 21.5 Å². The van der Waals surface area contributed by atoms with Crippen LogP contribution < -0.4 is 9.47 Å². The first-order chi connectivity index (χ1) is 12.6. The van der Waals surface area contributed by atoms with Gasteiger partial charge in [-0.15, -0.1) is 0 Å². The highest BCUT2D eigenvalue weighted by Crippen LogP contribution is 2.38. The predicted molar refractivity (Wildman–Crippen MR) is 92.4 cm³/mol. The molecule has 130 valence electrons. The fourth-order valence-corrected chi connectivity index (χ4v) is 2.93. The van der Waals surface area contributed by atoms with Gasteiger partial charge in [0.15, 0.2) is 17.3 Å². The number of benzene rings is 2. The standard InChI is InChI=1S/C20H14O6/c1-23-15-8-7-11(9-17(15)24-2)16-10-14(20(22)25-16)18-12-5-3-4-6-13(12)19(21)26-18/h3-10H,1-2H3. The summed E-state index contributed by atoms with van der Waals surface area (Å²) in [6.45, 7) is 0. The zero-order valence-corrected chi connectivity index (χ0v) is 14.1. The Morgan fingerprint density at radius 1 is 0.808 bits per heavy atom. The Kier molecular flexibility index (Phi) is 3.73. The van der Waals surface area contributed by atoms with Gasteiger partial charge >= 0.3 is 11.9 Å². The van der Waals surface area contributed by atoms with Crippen LogP contribution in [0.25, 0.3) is 11.5 Å². The van der Waals surface area contributed by atoms with E-state index in [4.69, 9.17) is 18.9 Å². The van der Waals surface area contributed by atoms with Gasteiger partial charge in [0.1, 0.15) is 11.3 Å². The van der Waals surface area contributed by atoms with Gasteiger partial charge in [0.25, 0.3) is 0 Å². The van der Waals surface area contributed by atoms with Crippen LogP contribution in [-0.4, -0.2) is 26.2 Å². The third-order valence-electron chi connectivity index (χ3n) is 4.20. The quantitative estimate of drug-likeness (QED) is 0.625. The third-order valence-corrected chi connectivity index (χ3v) is 4.20. The molecule has 2 aromatic rings. The molecule has 0 spiro atoms.